The molecule has 0 N–H and O–H groups in total. The van der Waals surface area contributed by atoms with Crippen LogP contribution in [0.15, 0.2) is 30.7 Å². The molecule has 120 valence electrons. The fourth-order valence-corrected chi connectivity index (χ4v) is 3.23. The minimum absolute atomic E-state index is 0.0692. The van der Waals surface area contributed by atoms with Crippen molar-refractivity contribution in [2.24, 2.45) is 0 Å². The quantitative estimate of drug-likeness (QED) is 0.871. The zero-order chi connectivity index (χ0) is 16.2. The van der Waals surface area contributed by atoms with E-state index in [1.807, 2.05) is 43.3 Å². The number of aryl methyl sites for hydroxylation is 3. The highest BCUT2D eigenvalue weighted by Gasteiger charge is 2.30. The van der Waals surface area contributed by atoms with Crippen LogP contribution in [0.25, 0.3) is 0 Å². The Labute approximate surface area is 136 Å². The molecule has 1 saturated heterocycles. The summed E-state index contributed by atoms with van der Waals surface area (Å²) in [7, 11) is 0. The maximum atomic E-state index is 12.8. The molecule has 1 aliphatic rings. The van der Waals surface area contributed by atoms with Crippen LogP contribution in [-0.4, -0.2) is 38.3 Å². The summed E-state index contributed by atoms with van der Waals surface area (Å²) in [5.74, 6) is 0.773. The van der Waals surface area contributed by atoms with Gasteiger partial charge in [-0.2, -0.15) is 0 Å². The first-order valence-electron chi connectivity index (χ1n) is 8.15. The molecule has 0 bridgehead atoms. The summed E-state index contributed by atoms with van der Waals surface area (Å²) in [6.07, 6.45) is 9.40. The summed E-state index contributed by atoms with van der Waals surface area (Å²) >= 11 is 0. The lowest BCUT2D eigenvalue weighted by Gasteiger charge is -2.25. The van der Waals surface area contributed by atoms with Gasteiger partial charge in [0.25, 0.3) is 5.91 Å². The SMILES string of the molecule is Cc1ncc(C(=O)N2CCCC2CCc2ccncc2)c(C)n1. The zero-order valence-corrected chi connectivity index (χ0v) is 13.7. The van der Waals surface area contributed by atoms with E-state index in [1.165, 1.54) is 5.56 Å². The second-order valence-corrected chi connectivity index (χ2v) is 6.11. The normalized spacial score (nSPS) is 17.5. The van der Waals surface area contributed by atoms with Gasteiger partial charge in [-0.25, -0.2) is 9.97 Å². The average Bonchev–Trinajstić information content (AvgIpc) is 3.02. The lowest BCUT2D eigenvalue weighted by Crippen LogP contribution is -2.36. The molecular formula is C18H22N4O. The van der Waals surface area contributed by atoms with E-state index in [9.17, 15) is 4.79 Å². The predicted molar refractivity (Wildman–Crippen MR) is 88.1 cm³/mol. The summed E-state index contributed by atoms with van der Waals surface area (Å²) in [5.41, 5.74) is 2.67. The van der Waals surface area contributed by atoms with Crippen LogP contribution >= 0.6 is 0 Å². The molecule has 0 saturated carbocycles. The number of hydrogen-bond acceptors (Lipinski definition) is 4. The number of hydrogen-bond donors (Lipinski definition) is 0. The van der Waals surface area contributed by atoms with Gasteiger partial charge in [-0.05, 0) is 57.2 Å². The number of carbonyl (C=O) groups excluding carboxylic acids is 1. The van der Waals surface area contributed by atoms with Crippen LogP contribution in [-0.2, 0) is 6.42 Å². The monoisotopic (exact) mass is 310 g/mol. The molecule has 3 heterocycles. The third-order valence-corrected chi connectivity index (χ3v) is 4.48. The van der Waals surface area contributed by atoms with Gasteiger partial charge in [0.05, 0.1) is 11.3 Å². The van der Waals surface area contributed by atoms with Crippen molar-refractivity contribution in [3.05, 3.63) is 53.4 Å². The van der Waals surface area contributed by atoms with Crippen LogP contribution in [0.4, 0.5) is 0 Å². The third-order valence-electron chi connectivity index (χ3n) is 4.48. The molecule has 0 radical (unpaired) electrons. The Bertz CT molecular complexity index is 687. The molecule has 2 aromatic rings. The summed E-state index contributed by atoms with van der Waals surface area (Å²) in [6, 6.07) is 4.38. The van der Waals surface area contributed by atoms with Gasteiger partial charge in [-0.1, -0.05) is 0 Å². The van der Waals surface area contributed by atoms with E-state index in [2.05, 4.69) is 15.0 Å². The van der Waals surface area contributed by atoms with Crippen molar-refractivity contribution in [1.82, 2.24) is 19.9 Å². The first kappa shape index (κ1) is 15.6. The van der Waals surface area contributed by atoms with E-state index in [1.54, 1.807) is 6.20 Å². The third kappa shape index (κ3) is 3.55. The van der Waals surface area contributed by atoms with Crippen molar-refractivity contribution in [3.8, 4) is 0 Å². The molecule has 1 aliphatic heterocycles. The lowest BCUT2D eigenvalue weighted by atomic mass is 10.0. The van der Waals surface area contributed by atoms with Crippen LogP contribution in [0.1, 0.15) is 46.7 Å². The van der Waals surface area contributed by atoms with Crippen LogP contribution in [0, 0.1) is 13.8 Å². The van der Waals surface area contributed by atoms with E-state index in [0.29, 0.717) is 17.4 Å². The Morgan fingerprint density at radius 2 is 2.09 bits per heavy atom. The van der Waals surface area contributed by atoms with Gasteiger partial charge in [-0.15, -0.1) is 0 Å². The van der Waals surface area contributed by atoms with Crippen molar-refractivity contribution in [1.29, 1.82) is 0 Å². The van der Waals surface area contributed by atoms with Gasteiger partial charge >= 0.3 is 0 Å². The highest BCUT2D eigenvalue weighted by Crippen LogP contribution is 2.24. The molecule has 0 spiro atoms. The Hall–Kier alpha value is -2.30. The maximum absolute atomic E-state index is 12.8. The molecule has 1 atom stereocenters. The Balaban J connectivity index is 1.69. The van der Waals surface area contributed by atoms with Gasteiger partial charge in [0, 0.05) is 31.2 Å². The number of likely N-dealkylation sites (tertiary alicyclic amines) is 1. The second kappa shape index (κ2) is 6.86. The van der Waals surface area contributed by atoms with Crippen LogP contribution in [0.5, 0.6) is 0 Å². The molecule has 1 amide bonds. The number of aromatic nitrogens is 3. The topological polar surface area (TPSA) is 59.0 Å². The highest BCUT2D eigenvalue weighted by atomic mass is 16.2. The molecular weight excluding hydrogens is 288 g/mol. The molecule has 2 aromatic heterocycles. The lowest BCUT2D eigenvalue weighted by molar-refractivity contribution is 0.0729. The van der Waals surface area contributed by atoms with Crippen LogP contribution < -0.4 is 0 Å². The van der Waals surface area contributed by atoms with Crippen LogP contribution in [0.3, 0.4) is 0 Å². The number of amides is 1. The Morgan fingerprint density at radius 3 is 2.83 bits per heavy atom. The molecule has 0 aliphatic carbocycles. The largest absolute Gasteiger partial charge is 0.336 e. The Kier molecular flexibility index (Phi) is 4.65. The van der Waals surface area contributed by atoms with E-state index >= 15 is 0 Å². The standard InChI is InChI=1S/C18H22N4O/c1-13-17(12-20-14(2)21-13)18(23)22-11-3-4-16(22)6-5-15-7-9-19-10-8-15/h7-10,12,16H,3-6,11H2,1-2H3. The fourth-order valence-electron chi connectivity index (χ4n) is 3.23. The number of rotatable bonds is 4. The summed E-state index contributed by atoms with van der Waals surface area (Å²) in [4.78, 5) is 27.4. The first-order chi connectivity index (χ1) is 11.1. The molecule has 1 fully saturated rings. The van der Waals surface area contributed by atoms with Gasteiger partial charge in [0.15, 0.2) is 0 Å². The Morgan fingerprint density at radius 1 is 1.30 bits per heavy atom. The molecule has 5 nitrogen and oxygen atoms in total. The molecule has 23 heavy (non-hydrogen) atoms. The van der Waals surface area contributed by atoms with E-state index in [-0.39, 0.29) is 5.91 Å². The number of pyridine rings is 1. The van der Waals surface area contributed by atoms with Gasteiger partial charge < -0.3 is 4.90 Å². The molecule has 5 heteroatoms. The van der Waals surface area contributed by atoms with E-state index in [4.69, 9.17) is 0 Å². The summed E-state index contributed by atoms with van der Waals surface area (Å²) in [5, 5.41) is 0. The average molecular weight is 310 g/mol. The first-order valence-corrected chi connectivity index (χ1v) is 8.15. The fraction of sp³-hybridized carbons (Fsp3) is 0.444. The molecule has 3 rings (SSSR count). The summed E-state index contributed by atoms with van der Waals surface area (Å²) < 4.78 is 0. The van der Waals surface area contributed by atoms with E-state index in [0.717, 1.165) is 37.9 Å². The maximum Gasteiger partial charge on any atom is 0.257 e. The minimum Gasteiger partial charge on any atom is -0.336 e. The van der Waals surface area contributed by atoms with Gasteiger partial charge in [0.2, 0.25) is 0 Å². The molecule has 1 unspecified atom stereocenters. The van der Waals surface area contributed by atoms with Crippen molar-refractivity contribution >= 4 is 5.91 Å². The van der Waals surface area contributed by atoms with Crippen molar-refractivity contribution in [3.63, 3.8) is 0 Å². The molecule has 0 aromatic carbocycles. The summed E-state index contributed by atoms with van der Waals surface area (Å²) in [6.45, 7) is 4.55. The van der Waals surface area contributed by atoms with Crippen molar-refractivity contribution < 1.29 is 4.79 Å². The highest BCUT2D eigenvalue weighted by molar-refractivity contribution is 5.95. The van der Waals surface area contributed by atoms with Crippen molar-refractivity contribution in [2.75, 3.05) is 6.54 Å². The van der Waals surface area contributed by atoms with Gasteiger partial charge in [-0.3, -0.25) is 9.78 Å². The number of carbonyl (C=O) groups is 1. The minimum atomic E-state index is 0.0692. The van der Waals surface area contributed by atoms with Crippen LogP contribution in [0.2, 0.25) is 0 Å². The van der Waals surface area contributed by atoms with E-state index < -0.39 is 0 Å². The zero-order valence-electron chi connectivity index (χ0n) is 13.7. The second-order valence-electron chi connectivity index (χ2n) is 6.11. The van der Waals surface area contributed by atoms with Crippen molar-refractivity contribution in [2.45, 2.75) is 45.6 Å². The smallest absolute Gasteiger partial charge is 0.257 e. The predicted octanol–water partition coefficient (Wildman–Crippen LogP) is 2.73. The van der Waals surface area contributed by atoms with Gasteiger partial charge in [0.1, 0.15) is 5.82 Å². The number of nitrogens with zero attached hydrogens (tertiary/aromatic N) is 4.